The number of halogens is 2. The molecule has 0 aliphatic heterocycles. The van der Waals surface area contributed by atoms with E-state index < -0.39 is 17.2 Å². The van der Waals surface area contributed by atoms with Crippen molar-refractivity contribution in [1.29, 1.82) is 0 Å². The standard InChI is InChI=1S/C27H28F2N2O2/c1-3-14-31(18-24-11-6-15-30(24)2)19-25-12-13-26(33-25)27(32,20-7-4-9-22(28)16-20)21-8-5-10-23(29)17-21/h4-13,15-17,32H,3,14,18-19H2,1-2H3. The Labute approximate surface area is 192 Å². The van der Waals surface area contributed by atoms with E-state index in [1.54, 1.807) is 18.2 Å². The Morgan fingerprint density at radius 3 is 2.12 bits per heavy atom. The maximum Gasteiger partial charge on any atom is 0.173 e. The Balaban J connectivity index is 1.68. The van der Waals surface area contributed by atoms with E-state index in [0.29, 0.717) is 12.3 Å². The molecule has 2 aromatic carbocycles. The molecule has 0 amide bonds. The molecule has 6 heteroatoms. The normalized spacial score (nSPS) is 11.9. The number of hydrogen-bond donors (Lipinski definition) is 1. The average molecular weight is 451 g/mol. The fourth-order valence-corrected chi connectivity index (χ4v) is 4.18. The fourth-order valence-electron chi connectivity index (χ4n) is 4.18. The van der Waals surface area contributed by atoms with Gasteiger partial charge >= 0.3 is 0 Å². The second-order valence-electron chi connectivity index (χ2n) is 8.32. The number of nitrogens with zero attached hydrogens (tertiary/aromatic N) is 2. The zero-order valence-corrected chi connectivity index (χ0v) is 18.8. The largest absolute Gasteiger partial charge is 0.461 e. The van der Waals surface area contributed by atoms with Gasteiger partial charge in [-0.2, -0.15) is 0 Å². The minimum Gasteiger partial charge on any atom is -0.461 e. The van der Waals surface area contributed by atoms with E-state index in [-0.39, 0.29) is 16.9 Å². The molecule has 0 aliphatic rings. The number of aliphatic hydroxyl groups is 1. The minimum absolute atomic E-state index is 0.212. The second-order valence-corrected chi connectivity index (χ2v) is 8.32. The van der Waals surface area contributed by atoms with Gasteiger partial charge in [0.05, 0.1) is 6.54 Å². The van der Waals surface area contributed by atoms with Crippen molar-refractivity contribution in [3.05, 3.63) is 119 Å². The van der Waals surface area contributed by atoms with Crippen molar-refractivity contribution in [2.45, 2.75) is 32.0 Å². The zero-order chi connectivity index (χ0) is 23.4. The summed E-state index contributed by atoms with van der Waals surface area (Å²) in [6.45, 7) is 4.30. The van der Waals surface area contributed by atoms with Gasteiger partial charge in [0.1, 0.15) is 23.2 Å². The van der Waals surface area contributed by atoms with Crippen molar-refractivity contribution < 1.29 is 18.3 Å². The molecule has 0 saturated carbocycles. The van der Waals surface area contributed by atoms with Crippen LogP contribution in [0.15, 0.2) is 83.4 Å². The number of rotatable bonds is 9. The van der Waals surface area contributed by atoms with Crippen molar-refractivity contribution in [3.8, 4) is 0 Å². The molecule has 33 heavy (non-hydrogen) atoms. The Kier molecular flexibility index (Phi) is 6.77. The lowest BCUT2D eigenvalue weighted by molar-refractivity contribution is 0.0945. The van der Waals surface area contributed by atoms with E-state index >= 15 is 0 Å². The predicted molar refractivity (Wildman–Crippen MR) is 123 cm³/mol. The van der Waals surface area contributed by atoms with Gasteiger partial charge in [-0.1, -0.05) is 31.2 Å². The summed E-state index contributed by atoms with van der Waals surface area (Å²) in [5, 5.41) is 11.8. The molecule has 2 aromatic heterocycles. The highest BCUT2D eigenvalue weighted by molar-refractivity contribution is 5.44. The van der Waals surface area contributed by atoms with Gasteiger partial charge in [-0.25, -0.2) is 8.78 Å². The van der Waals surface area contributed by atoms with Gasteiger partial charge in [0.2, 0.25) is 0 Å². The highest BCUT2D eigenvalue weighted by atomic mass is 19.1. The topological polar surface area (TPSA) is 41.5 Å². The summed E-state index contributed by atoms with van der Waals surface area (Å²) in [7, 11) is 2.02. The quantitative estimate of drug-likeness (QED) is 0.361. The van der Waals surface area contributed by atoms with Crippen molar-refractivity contribution in [3.63, 3.8) is 0 Å². The molecule has 0 fully saturated rings. The van der Waals surface area contributed by atoms with Crippen LogP contribution in [0.3, 0.4) is 0 Å². The molecule has 0 saturated heterocycles. The monoisotopic (exact) mass is 450 g/mol. The Morgan fingerprint density at radius 1 is 0.909 bits per heavy atom. The Hall–Kier alpha value is -3.22. The molecule has 0 atom stereocenters. The van der Waals surface area contributed by atoms with E-state index in [1.807, 2.05) is 25.4 Å². The van der Waals surface area contributed by atoms with Crippen LogP contribution >= 0.6 is 0 Å². The number of furan rings is 1. The molecule has 4 aromatic rings. The van der Waals surface area contributed by atoms with Gasteiger partial charge in [-0.3, -0.25) is 4.90 Å². The van der Waals surface area contributed by atoms with Crippen molar-refractivity contribution in [2.75, 3.05) is 6.54 Å². The summed E-state index contributed by atoms with van der Waals surface area (Å²) >= 11 is 0. The summed E-state index contributed by atoms with van der Waals surface area (Å²) in [6.07, 6.45) is 3.00. The lowest BCUT2D eigenvalue weighted by Crippen LogP contribution is -2.29. The van der Waals surface area contributed by atoms with Gasteiger partial charge in [-0.15, -0.1) is 0 Å². The van der Waals surface area contributed by atoms with Crippen LogP contribution in [-0.4, -0.2) is 21.1 Å². The predicted octanol–water partition coefficient (Wildman–Crippen LogP) is 5.59. The van der Waals surface area contributed by atoms with Gasteiger partial charge in [0.25, 0.3) is 0 Å². The first-order chi connectivity index (χ1) is 15.9. The molecule has 1 N–H and O–H groups in total. The molecule has 0 aliphatic carbocycles. The number of aryl methyl sites for hydroxylation is 1. The van der Waals surface area contributed by atoms with Crippen LogP contribution in [0.2, 0.25) is 0 Å². The van der Waals surface area contributed by atoms with Crippen molar-refractivity contribution >= 4 is 0 Å². The first-order valence-corrected chi connectivity index (χ1v) is 11.1. The van der Waals surface area contributed by atoms with Crippen LogP contribution < -0.4 is 0 Å². The third-order valence-corrected chi connectivity index (χ3v) is 5.86. The zero-order valence-electron chi connectivity index (χ0n) is 18.8. The average Bonchev–Trinajstić information content (AvgIpc) is 3.43. The van der Waals surface area contributed by atoms with Crippen LogP contribution in [-0.2, 0) is 25.7 Å². The van der Waals surface area contributed by atoms with E-state index in [1.165, 1.54) is 42.1 Å². The SMILES string of the molecule is CCCN(Cc1ccc(C(O)(c2cccc(F)c2)c2cccc(F)c2)o1)Cc1cccn1C. The smallest absolute Gasteiger partial charge is 0.173 e. The van der Waals surface area contributed by atoms with E-state index in [2.05, 4.69) is 22.5 Å². The first-order valence-electron chi connectivity index (χ1n) is 11.1. The Morgan fingerprint density at radius 2 is 1.58 bits per heavy atom. The molecule has 0 spiro atoms. The van der Waals surface area contributed by atoms with Crippen LogP contribution in [0.1, 0.15) is 41.7 Å². The van der Waals surface area contributed by atoms with Crippen LogP contribution in [0.4, 0.5) is 8.78 Å². The molecule has 2 heterocycles. The van der Waals surface area contributed by atoms with E-state index in [4.69, 9.17) is 4.42 Å². The van der Waals surface area contributed by atoms with Crippen molar-refractivity contribution in [1.82, 2.24) is 9.47 Å². The van der Waals surface area contributed by atoms with Crippen LogP contribution in [0, 0.1) is 11.6 Å². The number of hydrogen-bond acceptors (Lipinski definition) is 3. The molecule has 0 unspecified atom stereocenters. The maximum absolute atomic E-state index is 14.1. The molecule has 4 nitrogen and oxygen atoms in total. The highest BCUT2D eigenvalue weighted by Gasteiger charge is 2.38. The van der Waals surface area contributed by atoms with E-state index in [0.717, 1.165) is 19.5 Å². The second kappa shape index (κ2) is 9.73. The summed E-state index contributed by atoms with van der Waals surface area (Å²) in [6, 6.07) is 18.9. The lowest BCUT2D eigenvalue weighted by Gasteiger charge is -2.27. The Bertz CT molecular complexity index is 1170. The lowest BCUT2D eigenvalue weighted by atomic mass is 9.84. The molecular weight excluding hydrogens is 422 g/mol. The number of aromatic nitrogens is 1. The summed E-state index contributed by atoms with van der Waals surface area (Å²) in [5.74, 6) is -0.112. The van der Waals surface area contributed by atoms with Crippen LogP contribution in [0.5, 0.6) is 0 Å². The molecule has 172 valence electrons. The van der Waals surface area contributed by atoms with Crippen molar-refractivity contribution in [2.24, 2.45) is 7.05 Å². The molecule has 0 bridgehead atoms. The summed E-state index contributed by atoms with van der Waals surface area (Å²) in [4.78, 5) is 2.27. The molecule has 0 radical (unpaired) electrons. The van der Waals surface area contributed by atoms with Gasteiger partial charge in [0.15, 0.2) is 5.60 Å². The molecular formula is C27H28F2N2O2. The summed E-state index contributed by atoms with van der Waals surface area (Å²) in [5.41, 5.74) is -0.117. The third kappa shape index (κ3) is 4.92. The molecule has 4 rings (SSSR count). The minimum atomic E-state index is -1.84. The highest BCUT2D eigenvalue weighted by Crippen LogP contribution is 2.38. The van der Waals surface area contributed by atoms with Gasteiger partial charge in [-0.05, 0) is 72.6 Å². The van der Waals surface area contributed by atoms with Gasteiger partial charge in [0, 0.05) is 25.5 Å². The van der Waals surface area contributed by atoms with E-state index in [9.17, 15) is 13.9 Å². The third-order valence-electron chi connectivity index (χ3n) is 5.86. The maximum atomic E-state index is 14.1. The van der Waals surface area contributed by atoms with Gasteiger partial charge < -0.3 is 14.1 Å². The fraction of sp³-hybridized carbons (Fsp3) is 0.259. The first kappa shape index (κ1) is 23.0. The summed E-state index contributed by atoms with van der Waals surface area (Å²) < 4.78 is 36.3. The van der Waals surface area contributed by atoms with Crippen LogP contribution in [0.25, 0.3) is 0 Å². The number of benzene rings is 2.